The van der Waals surface area contributed by atoms with Gasteiger partial charge in [0.15, 0.2) is 0 Å². The first-order chi connectivity index (χ1) is 23.2. The van der Waals surface area contributed by atoms with E-state index < -0.39 is 0 Å². The van der Waals surface area contributed by atoms with E-state index >= 15 is 0 Å². The maximum absolute atomic E-state index is 2.12. The fraction of sp³-hybridized carbons (Fsp3) is 0.440. The van der Waals surface area contributed by atoms with Gasteiger partial charge in [-0.3, -0.25) is 0 Å². The lowest BCUT2D eigenvalue weighted by Gasteiger charge is -2.49. The van der Waals surface area contributed by atoms with E-state index in [1.807, 2.05) is 48.5 Å². The van der Waals surface area contributed by atoms with Gasteiger partial charge in [0.1, 0.15) is 0 Å². The highest BCUT2D eigenvalue weighted by atomic mass is 14.5. The van der Waals surface area contributed by atoms with Gasteiger partial charge in [-0.2, -0.15) is 0 Å². The van der Waals surface area contributed by atoms with Crippen LogP contribution in [-0.4, -0.2) is 0 Å². The standard InChI is InChI=1S/C12H10.C10H16.C10H8.C6H12.C6H6.C3H8.3CH4/c1-3-7-11(8-4-1)12-9-5-2-6-10-12;1-7-2-9-4-8(1)5-10(3-7)6-9;1-2-6-10-8-4-3-7-9(10)5-1;2*1-2-4-6-5-3-1;1-3-2;;;/h1-10H;7-10H,1-6H2;1-8H;1-6H2;1-6H;3H2,1-2H3;3*1H4. The smallest absolute Gasteiger partial charge is 0.0184 e. The largest absolute Gasteiger partial charge is 0.0776 e. The quantitative estimate of drug-likeness (QED) is 0.166. The van der Waals surface area contributed by atoms with E-state index in [9.17, 15) is 0 Å². The molecule has 50 heavy (non-hydrogen) atoms. The Kier molecular flexibility index (Phi) is 24.1. The van der Waals surface area contributed by atoms with Crippen LogP contribution in [0.25, 0.3) is 21.9 Å². The van der Waals surface area contributed by atoms with E-state index in [-0.39, 0.29) is 22.3 Å². The number of benzene rings is 5. The zero-order valence-electron chi connectivity index (χ0n) is 29.4. The Bertz CT molecular complexity index is 1240. The molecule has 272 valence electrons. The summed E-state index contributed by atoms with van der Waals surface area (Å²) >= 11 is 0. The molecule has 10 rings (SSSR count). The highest BCUT2D eigenvalue weighted by Gasteiger charge is 2.41. The summed E-state index contributed by atoms with van der Waals surface area (Å²) in [7, 11) is 0. The molecule has 5 aromatic rings. The molecule has 0 N–H and O–H groups in total. The summed E-state index contributed by atoms with van der Waals surface area (Å²) in [5, 5.41) is 2.62. The molecule has 0 spiro atoms. The predicted octanol–water partition coefficient (Wildman–Crippen LogP) is 16.4. The van der Waals surface area contributed by atoms with E-state index in [1.165, 1.54) is 90.5 Å². The summed E-state index contributed by atoms with van der Waals surface area (Å²) in [6.45, 7) is 4.25. The Morgan fingerprint density at radius 3 is 0.720 bits per heavy atom. The lowest BCUT2D eigenvalue weighted by Crippen LogP contribution is -2.38. The van der Waals surface area contributed by atoms with Crippen molar-refractivity contribution < 1.29 is 0 Å². The van der Waals surface area contributed by atoms with E-state index in [0.717, 1.165) is 0 Å². The molecular weight excluding hydrogens is 601 g/mol. The maximum atomic E-state index is 2.12. The fourth-order valence-electron chi connectivity index (χ4n) is 7.82. The maximum Gasteiger partial charge on any atom is -0.0184 e. The first kappa shape index (κ1) is 44.4. The van der Waals surface area contributed by atoms with Gasteiger partial charge in [0.2, 0.25) is 0 Å². The summed E-state index contributed by atoms with van der Waals surface area (Å²) in [5.74, 6) is 4.71. The van der Waals surface area contributed by atoms with E-state index in [4.69, 9.17) is 0 Å². The average Bonchev–Trinajstić information content (AvgIpc) is 3.15. The van der Waals surface area contributed by atoms with Crippen molar-refractivity contribution in [3.63, 3.8) is 0 Å². The van der Waals surface area contributed by atoms with Crippen LogP contribution >= 0.6 is 0 Å². The fourth-order valence-corrected chi connectivity index (χ4v) is 7.82. The van der Waals surface area contributed by atoms with Crippen molar-refractivity contribution in [2.45, 2.75) is 120 Å². The molecule has 5 aliphatic rings. The monoisotopic (exact) mass is 673 g/mol. The molecular formula is C50H72. The summed E-state index contributed by atoms with van der Waals surface area (Å²) in [6.07, 6.45) is 19.9. The minimum atomic E-state index is 0. The second-order valence-electron chi connectivity index (χ2n) is 13.9. The molecule has 4 bridgehead atoms. The van der Waals surface area contributed by atoms with E-state index in [0.29, 0.717) is 0 Å². The van der Waals surface area contributed by atoms with Gasteiger partial charge in [0, 0.05) is 0 Å². The van der Waals surface area contributed by atoms with Crippen molar-refractivity contribution in [1.82, 2.24) is 0 Å². The summed E-state index contributed by atoms with van der Waals surface area (Å²) in [4.78, 5) is 0. The van der Waals surface area contributed by atoms with Crippen LogP contribution in [0.1, 0.15) is 120 Å². The molecule has 5 aliphatic carbocycles. The first-order valence-corrected chi connectivity index (χ1v) is 18.8. The van der Waals surface area contributed by atoms with Crippen molar-refractivity contribution in [1.29, 1.82) is 0 Å². The highest BCUT2D eigenvalue weighted by molar-refractivity contribution is 5.82. The molecule has 0 atom stereocenters. The molecule has 0 radical (unpaired) electrons. The minimum Gasteiger partial charge on any atom is -0.0776 e. The van der Waals surface area contributed by atoms with Crippen molar-refractivity contribution in [2.75, 3.05) is 0 Å². The van der Waals surface area contributed by atoms with E-state index in [1.54, 1.807) is 38.5 Å². The van der Waals surface area contributed by atoms with Crippen LogP contribution in [0, 0.1) is 23.7 Å². The van der Waals surface area contributed by atoms with Gasteiger partial charge in [-0.1, -0.05) is 227 Å². The Morgan fingerprint density at radius 1 is 0.320 bits per heavy atom. The van der Waals surface area contributed by atoms with Gasteiger partial charge < -0.3 is 0 Å². The number of fused-ring (bicyclic) bond motifs is 1. The lowest BCUT2D eigenvalue weighted by atomic mass is 9.56. The molecule has 5 fully saturated rings. The van der Waals surface area contributed by atoms with Crippen molar-refractivity contribution in [3.05, 3.63) is 146 Å². The van der Waals surface area contributed by atoms with Crippen LogP contribution < -0.4 is 0 Å². The third-order valence-corrected chi connectivity index (χ3v) is 9.71. The first-order valence-electron chi connectivity index (χ1n) is 18.8. The van der Waals surface area contributed by atoms with Crippen LogP contribution in [0.2, 0.25) is 0 Å². The molecule has 0 aromatic heterocycles. The van der Waals surface area contributed by atoms with Crippen molar-refractivity contribution >= 4 is 10.8 Å². The van der Waals surface area contributed by atoms with E-state index in [2.05, 4.69) is 111 Å². The number of hydrogen-bond donors (Lipinski definition) is 0. The second kappa shape index (κ2) is 27.1. The number of rotatable bonds is 1. The predicted molar refractivity (Wildman–Crippen MR) is 228 cm³/mol. The summed E-state index contributed by atoms with van der Waals surface area (Å²) < 4.78 is 0. The molecule has 0 heteroatoms. The summed E-state index contributed by atoms with van der Waals surface area (Å²) in [5.41, 5.74) is 2.55. The molecule has 0 unspecified atom stereocenters. The topological polar surface area (TPSA) is 0 Å². The Hall–Kier alpha value is -3.64. The van der Waals surface area contributed by atoms with Gasteiger partial charge in [-0.05, 0) is 84.1 Å². The van der Waals surface area contributed by atoms with Gasteiger partial charge in [0.25, 0.3) is 0 Å². The normalized spacial score (nSPS) is 20.0. The van der Waals surface area contributed by atoms with Crippen LogP contribution in [0.3, 0.4) is 0 Å². The van der Waals surface area contributed by atoms with Crippen LogP contribution in [0.15, 0.2) is 146 Å². The molecule has 0 amide bonds. The SMILES string of the molecule is C.C.C.C1C2CC3CC1CC(C2)C3.C1CCCCC1.CCC.c1ccc(-c2ccccc2)cc1.c1ccc2ccccc2c1.c1ccccc1. The highest BCUT2D eigenvalue weighted by Crippen LogP contribution is 2.53. The third kappa shape index (κ3) is 16.8. The molecule has 0 aliphatic heterocycles. The Labute approximate surface area is 309 Å². The number of hydrogen-bond acceptors (Lipinski definition) is 0. The zero-order chi connectivity index (χ0) is 32.8. The molecule has 0 saturated heterocycles. The Morgan fingerprint density at radius 2 is 0.500 bits per heavy atom. The minimum absolute atomic E-state index is 0. The molecule has 5 aromatic carbocycles. The van der Waals surface area contributed by atoms with Gasteiger partial charge in [-0.25, -0.2) is 0 Å². The average molecular weight is 673 g/mol. The second-order valence-corrected chi connectivity index (χ2v) is 13.9. The molecule has 5 saturated carbocycles. The van der Waals surface area contributed by atoms with Crippen LogP contribution in [0.5, 0.6) is 0 Å². The molecule has 0 heterocycles. The Balaban J connectivity index is 0.000000308. The summed E-state index contributed by atoms with van der Waals surface area (Å²) in [6, 6.07) is 49.5. The van der Waals surface area contributed by atoms with Crippen LogP contribution in [-0.2, 0) is 0 Å². The van der Waals surface area contributed by atoms with Crippen molar-refractivity contribution in [3.8, 4) is 11.1 Å². The third-order valence-electron chi connectivity index (χ3n) is 9.71. The van der Waals surface area contributed by atoms with Crippen LogP contribution in [0.4, 0.5) is 0 Å². The van der Waals surface area contributed by atoms with Gasteiger partial charge >= 0.3 is 0 Å². The zero-order valence-corrected chi connectivity index (χ0v) is 29.4. The lowest BCUT2D eigenvalue weighted by molar-refractivity contribution is 0.0198. The van der Waals surface area contributed by atoms with Gasteiger partial charge in [-0.15, -0.1) is 0 Å². The van der Waals surface area contributed by atoms with Gasteiger partial charge in [0.05, 0.1) is 0 Å². The van der Waals surface area contributed by atoms with Crippen molar-refractivity contribution in [2.24, 2.45) is 23.7 Å². The molecule has 0 nitrogen and oxygen atoms in total.